The van der Waals surface area contributed by atoms with Crippen LogP contribution in [0.25, 0.3) is 0 Å². The van der Waals surface area contributed by atoms with Gasteiger partial charge >= 0.3 is 0 Å². The summed E-state index contributed by atoms with van der Waals surface area (Å²) in [6.45, 7) is 6.94. The van der Waals surface area contributed by atoms with E-state index in [2.05, 4.69) is 24.5 Å². The smallest absolute Gasteiger partial charge is 0.226 e. The van der Waals surface area contributed by atoms with Crippen LogP contribution in [0, 0.1) is 11.8 Å². The third-order valence-electron chi connectivity index (χ3n) is 4.04. The molecule has 5 nitrogen and oxygen atoms in total. The molecule has 1 saturated heterocycles. The van der Waals surface area contributed by atoms with Crippen molar-refractivity contribution in [1.82, 2.24) is 10.6 Å². The van der Waals surface area contributed by atoms with Gasteiger partial charge in [0.15, 0.2) is 11.5 Å². The van der Waals surface area contributed by atoms with Crippen LogP contribution in [0.3, 0.4) is 0 Å². The fourth-order valence-corrected chi connectivity index (χ4v) is 2.63. The lowest BCUT2D eigenvalue weighted by atomic mass is 9.93. The van der Waals surface area contributed by atoms with Gasteiger partial charge in [-0.25, -0.2) is 0 Å². The molecule has 2 aliphatic rings. The van der Waals surface area contributed by atoms with Gasteiger partial charge in [-0.1, -0.05) is 19.9 Å². The van der Waals surface area contributed by atoms with Gasteiger partial charge in [0.2, 0.25) is 5.91 Å². The summed E-state index contributed by atoms with van der Waals surface area (Å²) in [5, 5.41) is 6.29. The normalized spacial score (nSPS) is 18.1. The van der Waals surface area contributed by atoms with Crippen molar-refractivity contribution in [2.24, 2.45) is 11.8 Å². The molecule has 1 aromatic rings. The van der Waals surface area contributed by atoms with Crippen molar-refractivity contribution < 1.29 is 14.3 Å². The number of rotatable bonds is 4. The van der Waals surface area contributed by atoms with E-state index in [1.165, 1.54) is 0 Å². The standard InChI is InChI=1S/C16H22N2O3.ClH/c1-10(2)15(18-16(19)12-8-17-9-12)11-3-4-13-14(7-11)21-6-5-20-13;/h3-4,7,10,12,15,17H,5-6,8-9H2,1-2H3,(H,18,19);1H. The molecular formula is C16H23ClN2O3. The molecule has 6 heteroatoms. The number of carbonyl (C=O) groups excluding carboxylic acids is 1. The highest BCUT2D eigenvalue weighted by Gasteiger charge is 2.28. The lowest BCUT2D eigenvalue weighted by Gasteiger charge is -2.30. The van der Waals surface area contributed by atoms with Crippen LogP contribution in [-0.4, -0.2) is 32.2 Å². The monoisotopic (exact) mass is 326 g/mol. The Morgan fingerprint density at radius 1 is 1.23 bits per heavy atom. The molecule has 0 saturated carbocycles. The largest absolute Gasteiger partial charge is 0.486 e. The number of ether oxygens (including phenoxy) is 2. The van der Waals surface area contributed by atoms with Gasteiger partial charge < -0.3 is 20.1 Å². The first kappa shape index (κ1) is 16.9. The molecule has 2 aliphatic heterocycles. The van der Waals surface area contributed by atoms with Crippen molar-refractivity contribution in [2.75, 3.05) is 26.3 Å². The van der Waals surface area contributed by atoms with E-state index in [0.29, 0.717) is 19.1 Å². The van der Waals surface area contributed by atoms with Gasteiger partial charge in [0, 0.05) is 13.1 Å². The van der Waals surface area contributed by atoms with Crippen LogP contribution in [0.4, 0.5) is 0 Å². The number of halogens is 1. The average molecular weight is 327 g/mol. The Hall–Kier alpha value is -1.46. The molecule has 1 unspecified atom stereocenters. The Kier molecular flexibility index (Phi) is 5.53. The summed E-state index contributed by atoms with van der Waals surface area (Å²) >= 11 is 0. The Morgan fingerprint density at radius 2 is 1.91 bits per heavy atom. The Bertz CT molecular complexity index is 532. The van der Waals surface area contributed by atoms with E-state index in [4.69, 9.17) is 9.47 Å². The van der Waals surface area contributed by atoms with E-state index < -0.39 is 0 Å². The summed E-state index contributed by atoms with van der Waals surface area (Å²) in [4.78, 5) is 12.2. The van der Waals surface area contributed by atoms with Gasteiger partial charge in [0.1, 0.15) is 13.2 Å². The average Bonchev–Trinajstić information content (AvgIpc) is 2.42. The quantitative estimate of drug-likeness (QED) is 0.887. The number of benzene rings is 1. The second kappa shape index (κ2) is 7.20. The maximum absolute atomic E-state index is 12.2. The SMILES string of the molecule is CC(C)C(NC(=O)C1CNC1)c1ccc2c(c1)OCCO2.Cl. The van der Waals surface area contributed by atoms with Gasteiger partial charge in [0.25, 0.3) is 0 Å². The molecule has 0 spiro atoms. The zero-order chi connectivity index (χ0) is 14.8. The Labute approximate surface area is 137 Å². The third-order valence-corrected chi connectivity index (χ3v) is 4.04. The van der Waals surface area contributed by atoms with Gasteiger partial charge in [-0.3, -0.25) is 4.79 Å². The molecule has 0 bridgehead atoms. The topological polar surface area (TPSA) is 59.6 Å². The van der Waals surface area contributed by atoms with Crippen LogP contribution in [0.15, 0.2) is 18.2 Å². The number of hydrogen-bond acceptors (Lipinski definition) is 4. The van der Waals surface area contributed by atoms with Gasteiger partial charge in [-0.05, 0) is 23.6 Å². The summed E-state index contributed by atoms with van der Waals surface area (Å²) in [6, 6.07) is 5.92. The van der Waals surface area contributed by atoms with Crippen LogP contribution in [0.2, 0.25) is 0 Å². The van der Waals surface area contributed by atoms with Gasteiger partial charge in [-0.15, -0.1) is 12.4 Å². The molecule has 122 valence electrons. The molecule has 0 radical (unpaired) electrons. The summed E-state index contributed by atoms with van der Waals surface area (Å²) in [7, 11) is 0. The van der Waals surface area contributed by atoms with Gasteiger partial charge in [-0.2, -0.15) is 0 Å². The first-order valence-electron chi connectivity index (χ1n) is 7.56. The van der Waals surface area contributed by atoms with Crippen LogP contribution in [0.1, 0.15) is 25.5 Å². The van der Waals surface area contributed by atoms with E-state index in [9.17, 15) is 4.79 Å². The minimum Gasteiger partial charge on any atom is -0.486 e. The van der Waals surface area contributed by atoms with E-state index >= 15 is 0 Å². The highest BCUT2D eigenvalue weighted by molar-refractivity contribution is 5.85. The number of fused-ring (bicyclic) bond motifs is 1. The number of nitrogens with one attached hydrogen (secondary N) is 2. The third kappa shape index (κ3) is 3.47. The number of carbonyl (C=O) groups is 1. The van der Waals surface area contributed by atoms with Crippen LogP contribution >= 0.6 is 12.4 Å². The minimum atomic E-state index is -0.00562. The molecule has 2 heterocycles. The van der Waals surface area contributed by atoms with Crippen molar-refractivity contribution in [3.05, 3.63) is 23.8 Å². The van der Waals surface area contributed by atoms with E-state index in [-0.39, 0.29) is 30.3 Å². The van der Waals surface area contributed by atoms with E-state index in [0.717, 1.165) is 30.2 Å². The first-order chi connectivity index (χ1) is 10.1. The van der Waals surface area contributed by atoms with E-state index in [1.54, 1.807) is 0 Å². The molecule has 1 amide bonds. The second-order valence-electron chi connectivity index (χ2n) is 5.99. The summed E-state index contributed by atoms with van der Waals surface area (Å²) in [5.74, 6) is 2.08. The molecule has 1 aromatic carbocycles. The van der Waals surface area contributed by atoms with Crippen LogP contribution in [-0.2, 0) is 4.79 Å². The molecule has 0 aromatic heterocycles. The predicted octanol–water partition coefficient (Wildman–Crippen LogP) is 1.91. The van der Waals surface area contributed by atoms with Crippen molar-refractivity contribution >= 4 is 18.3 Å². The van der Waals surface area contributed by atoms with Crippen LogP contribution in [0.5, 0.6) is 11.5 Å². The second-order valence-corrected chi connectivity index (χ2v) is 5.99. The molecule has 1 fully saturated rings. The predicted molar refractivity (Wildman–Crippen MR) is 86.8 cm³/mol. The first-order valence-corrected chi connectivity index (χ1v) is 7.56. The lowest BCUT2D eigenvalue weighted by molar-refractivity contribution is -0.127. The van der Waals surface area contributed by atoms with Crippen molar-refractivity contribution in [3.8, 4) is 11.5 Å². The highest BCUT2D eigenvalue weighted by atomic mass is 35.5. The number of hydrogen-bond donors (Lipinski definition) is 2. The zero-order valence-electron chi connectivity index (χ0n) is 12.9. The fourth-order valence-electron chi connectivity index (χ4n) is 2.63. The Balaban J connectivity index is 0.00000176. The summed E-state index contributed by atoms with van der Waals surface area (Å²) in [5.41, 5.74) is 1.06. The van der Waals surface area contributed by atoms with Crippen molar-refractivity contribution in [3.63, 3.8) is 0 Å². The summed E-state index contributed by atoms with van der Waals surface area (Å²) < 4.78 is 11.2. The maximum Gasteiger partial charge on any atom is 0.226 e. The number of amides is 1. The molecule has 0 aliphatic carbocycles. The molecule has 3 rings (SSSR count). The maximum atomic E-state index is 12.2. The Morgan fingerprint density at radius 3 is 2.50 bits per heavy atom. The van der Waals surface area contributed by atoms with Gasteiger partial charge in [0.05, 0.1) is 12.0 Å². The molecule has 2 N–H and O–H groups in total. The minimum absolute atomic E-state index is 0. The van der Waals surface area contributed by atoms with Crippen molar-refractivity contribution in [1.29, 1.82) is 0 Å². The highest BCUT2D eigenvalue weighted by Crippen LogP contribution is 2.34. The van der Waals surface area contributed by atoms with E-state index in [1.807, 2.05) is 18.2 Å². The molecule has 1 atom stereocenters. The summed E-state index contributed by atoms with van der Waals surface area (Å²) in [6.07, 6.45) is 0. The van der Waals surface area contributed by atoms with Crippen molar-refractivity contribution in [2.45, 2.75) is 19.9 Å². The fraction of sp³-hybridized carbons (Fsp3) is 0.562. The zero-order valence-corrected chi connectivity index (χ0v) is 13.7. The molecule has 22 heavy (non-hydrogen) atoms. The van der Waals surface area contributed by atoms with Crippen LogP contribution < -0.4 is 20.1 Å². The lowest BCUT2D eigenvalue weighted by Crippen LogP contribution is -2.51. The molecular weight excluding hydrogens is 304 g/mol.